The zero-order chi connectivity index (χ0) is 13.9. The first-order valence-corrected chi connectivity index (χ1v) is 8.73. The van der Waals surface area contributed by atoms with E-state index >= 15 is 0 Å². The van der Waals surface area contributed by atoms with Gasteiger partial charge in [0.25, 0.3) is 0 Å². The first-order valence-electron chi connectivity index (χ1n) is 6.51. The molecule has 4 nitrogen and oxygen atoms in total. The van der Waals surface area contributed by atoms with Crippen molar-refractivity contribution in [3.8, 4) is 0 Å². The van der Waals surface area contributed by atoms with Gasteiger partial charge in [-0.1, -0.05) is 11.6 Å². The highest BCUT2D eigenvalue weighted by atomic mass is 35.5. The largest absolute Gasteiger partial charge is 0.245 e. The molecule has 19 heavy (non-hydrogen) atoms. The van der Waals surface area contributed by atoms with E-state index in [1.807, 2.05) is 12.1 Å². The number of hydrogen-bond donors (Lipinski definition) is 0. The van der Waals surface area contributed by atoms with Gasteiger partial charge in [-0.2, -0.15) is 0 Å². The van der Waals surface area contributed by atoms with Crippen molar-refractivity contribution in [2.75, 3.05) is 19.3 Å². The first kappa shape index (κ1) is 14.8. The molecule has 2 heterocycles. The second-order valence-electron chi connectivity index (χ2n) is 5.15. The Morgan fingerprint density at radius 3 is 2.89 bits per heavy atom. The second kappa shape index (κ2) is 6.20. The van der Waals surface area contributed by atoms with Crippen molar-refractivity contribution in [3.05, 3.63) is 29.0 Å². The van der Waals surface area contributed by atoms with E-state index in [2.05, 4.69) is 4.98 Å². The molecule has 0 amide bonds. The van der Waals surface area contributed by atoms with Gasteiger partial charge in [-0.25, -0.2) is 17.7 Å². The summed E-state index contributed by atoms with van der Waals surface area (Å²) in [5, 5.41) is 0.517. The molecular formula is C13H19ClN2O2S. The quantitative estimate of drug-likeness (QED) is 0.805. The lowest BCUT2D eigenvalue weighted by molar-refractivity contribution is 0.413. The average Bonchev–Trinajstić information content (AvgIpc) is 2.54. The highest BCUT2D eigenvalue weighted by molar-refractivity contribution is 7.88. The van der Waals surface area contributed by atoms with Crippen LogP contribution in [0.15, 0.2) is 18.3 Å². The van der Waals surface area contributed by atoms with E-state index in [1.54, 1.807) is 10.5 Å². The summed E-state index contributed by atoms with van der Waals surface area (Å²) < 4.78 is 24.7. The molecule has 1 fully saturated rings. The third kappa shape index (κ3) is 4.44. The molecule has 0 unspecified atom stereocenters. The molecule has 0 bridgehead atoms. The Labute approximate surface area is 119 Å². The maximum absolute atomic E-state index is 11.5. The van der Waals surface area contributed by atoms with Crippen LogP contribution in [0, 0.1) is 5.92 Å². The molecule has 1 aliphatic rings. The van der Waals surface area contributed by atoms with Gasteiger partial charge < -0.3 is 0 Å². The van der Waals surface area contributed by atoms with Gasteiger partial charge in [0.2, 0.25) is 10.0 Å². The summed E-state index contributed by atoms with van der Waals surface area (Å²) in [6, 6.07) is 3.87. The number of pyridine rings is 1. The Bertz CT molecular complexity index is 533. The Kier molecular flexibility index (Phi) is 4.81. The monoisotopic (exact) mass is 302 g/mol. The molecule has 0 aliphatic carbocycles. The van der Waals surface area contributed by atoms with Gasteiger partial charge in [0, 0.05) is 19.3 Å². The fraction of sp³-hybridized carbons (Fsp3) is 0.615. The zero-order valence-corrected chi connectivity index (χ0v) is 12.6. The number of rotatable bonds is 3. The van der Waals surface area contributed by atoms with Gasteiger partial charge in [0.15, 0.2) is 0 Å². The summed E-state index contributed by atoms with van der Waals surface area (Å²) in [5.74, 6) is 0.519. The van der Waals surface area contributed by atoms with Crippen molar-refractivity contribution in [1.29, 1.82) is 0 Å². The molecular weight excluding hydrogens is 284 g/mol. The maximum Gasteiger partial charge on any atom is 0.211 e. The summed E-state index contributed by atoms with van der Waals surface area (Å²) >= 11 is 5.88. The molecule has 1 aromatic rings. The Morgan fingerprint density at radius 2 is 2.21 bits per heavy atom. The third-order valence-electron chi connectivity index (χ3n) is 3.59. The molecule has 1 saturated heterocycles. The van der Waals surface area contributed by atoms with Crippen LogP contribution >= 0.6 is 11.6 Å². The van der Waals surface area contributed by atoms with E-state index in [0.717, 1.165) is 25.7 Å². The van der Waals surface area contributed by atoms with E-state index in [-0.39, 0.29) is 0 Å². The van der Waals surface area contributed by atoms with E-state index in [1.165, 1.54) is 11.8 Å². The summed E-state index contributed by atoms with van der Waals surface area (Å²) in [6.45, 7) is 1.27. The van der Waals surface area contributed by atoms with Crippen LogP contribution in [-0.2, 0) is 16.4 Å². The van der Waals surface area contributed by atoms with Crippen molar-refractivity contribution < 1.29 is 8.42 Å². The van der Waals surface area contributed by atoms with Crippen molar-refractivity contribution in [2.24, 2.45) is 5.92 Å². The Morgan fingerprint density at radius 1 is 1.42 bits per heavy atom. The van der Waals surface area contributed by atoms with E-state index in [4.69, 9.17) is 11.6 Å². The zero-order valence-electron chi connectivity index (χ0n) is 11.0. The van der Waals surface area contributed by atoms with Crippen LogP contribution < -0.4 is 0 Å². The van der Waals surface area contributed by atoms with Crippen LogP contribution in [-0.4, -0.2) is 37.1 Å². The smallest absolute Gasteiger partial charge is 0.211 e. The first-order chi connectivity index (χ1) is 8.95. The molecule has 0 spiro atoms. The minimum atomic E-state index is -3.05. The number of aromatic nitrogens is 1. The van der Waals surface area contributed by atoms with Gasteiger partial charge >= 0.3 is 0 Å². The van der Waals surface area contributed by atoms with Gasteiger partial charge in [-0.05, 0) is 49.3 Å². The molecule has 1 atom stereocenters. The van der Waals surface area contributed by atoms with Crippen LogP contribution in [0.2, 0.25) is 5.15 Å². The summed E-state index contributed by atoms with van der Waals surface area (Å²) in [5.41, 5.74) is 1.18. The molecule has 1 aliphatic heterocycles. The van der Waals surface area contributed by atoms with Crippen LogP contribution in [0.5, 0.6) is 0 Å². The molecule has 106 valence electrons. The predicted octanol–water partition coefficient (Wildman–Crippen LogP) is 2.34. The number of halogens is 1. The van der Waals surface area contributed by atoms with Gasteiger partial charge in [0.05, 0.1) is 6.26 Å². The lowest BCUT2D eigenvalue weighted by Gasteiger charge is -2.17. The van der Waals surface area contributed by atoms with E-state index in [9.17, 15) is 8.42 Å². The Balaban J connectivity index is 1.96. The number of nitrogens with zero attached hydrogens (tertiary/aromatic N) is 2. The molecule has 0 aromatic carbocycles. The molecule has 1 aromatic heterocycles. The second-order valence-corrected chi connectivity index (χ2v) is 7.52. The fourth-order valence-corrected chi connectivity index (χ4v) is 3.67. The molecule has 0 N–H and O–H groups in total. The molecule has 2 rings (SSSR count). The third-order valence-corrected chi connectivity index (χ3v) is 5.10. The number of hydrogen-bond acceptors (Lipinski definition) is 3. The summed E-state index contributed by atoms with van der Waals surface area (Å²) in [6.07, 6.45) is 6.85. The highest BCUT2D eigenvalue weighted by Gasteiger charge is 2.22. The minimum absolute atomic E-state index is 0.517. The lowest BCUT2D eigenvalue weighted by atomic mass is 9.93. The number of sulfonamides is 1. The predicted molar refractivity (Wildman–Crippen MR) is 76.7 cm³/mol. The summed E-state index contributed by atoms with van der Waals surface area (Å²) in [7, 11) is -3.05. The molecule has 0 saturated carbocycles. The van der Waals surface area contributed by atoms with E-state index < -0.39 is 10.0 Å². The van der Waals surface area contributed by atoms with Gasteiger partial charge in [-0.15, -0.1) is 0 Å². The van der Waals surface area contributed by atoms with Crippen LogP contribution in [0.4, 0.5) is 0 Å². The standard InChI is InChI=1S/C13H19ClN2O2S/c1-19(17,18)16-7-2-3-11(5-8-16)9-12-4-6-15-13(14)10-12/h4,6,10-11H,2-3,5,7-9H2,1H3/t11-/m1/s1. The van der Waals surface area contributed by atoms with Gasteiger partial charge in [0.1, 0.15) is 5.15 Å². The molecule has 0 radical (unpaired) electrons. The van der Waals surface area contributed by atoms with Crippen LogP contribution in [0.25, 0.3) is 0 Å². The average molecular weight is 303 g/mol. The topological polar surface area (TPSA) is 50.3 Å². The highest BCUT2D eigenvalue weighted by Crippen LogP contribution is 2.23. The van der Waals surface area contributed by atoms with Crippen LogP contribution in [0.3, 0.4) is 0 Å². The minimum Gasteiger partial charge on any atom is -0.245 e. The normalized spacial score (nSPS) is 22.1. The summed E-state index contributed by atoms with van der Waals surface area (Å²) in [4.78, 5) is 3.97. The SMILES string of the molecule is CS(=O)(=O)N1CCC[C@@H](Cc2ccnc(Cl)c2)CC1. The van der Waals surface area contributed by atoms with Gasteiger partial charge in [-0.3, -0.25) is 0 Å². The van der Waals surface area contributed by atoms with Crippen molar-refractivity contribution in [2.45, 2.75) is 25.7 Å². The van der Waals surface area contributed by atoms with E-state index in [0.29, 0.717) is 24.2 Å². The fourth-order valence-electron chi connectivity index (χ4n) is 2.58. The lowest BCUT2D eigenvalue weighted by Crippen LogP contribution is -2.30. The Hall–Kier alpha value is -0.650. The van der Waals surface area contributed by atoms with Crippen molar-refractivity contribution in [1.82, 2.24) is 9.29 Å². The van der Waals surface area contributed by atoms with Crippen LogP contribution in [0.1, 0.15) is 24.8 Å². The van der Waals surface area contributed by atoms with Crippen molar-refractivity contribution >= 4 is 21.6 Å². The van der Waals surface area contributed by atoms with Crippen molar-refractivity contribution in [3.63, 3.8) is 0 Å². The molecule has 6 heteroatoms. The maximum atomic E-state index is 11.5.